The number of likely N-dealkylation sites (N-methyl/N-ethyl adjacent to an activating group) is 1. The van der Waals surface area contributed by atoms with Gasteiger partial charge in [-0.25, -0.2) is 9.59 Å². The molecular formula is C25H36N2O5. The molecule has 1 aliphatic carbocycles. The highest BCUT2D eigenvalue weighted by atomic mass is 16.5. The van der Waals surface area contributed by atoms with Gasteiger partial charge in [-0.15, -0.1) is 0 Å². The summed E-state index contributed by atoms with van der Waals surface area (Å²) in [6.45, 7) is 4.57. The summed E-state index contributed by atoms with van der Waals surface area (Å²) in [6, 6.07) is 6.43. The van der Waals surface area contributed by atoms with E-state index < -0.39 is 12.0 Å². The molecule has 0 heterocycles. The lowest BCUT2D eigenvalue weighted by Gasteiger charge is -2.25. The Bertz CT molecular complexity index is 782. The van der Waals surface area contributed by atoms with Gasteiger partial charge in [0, 0.05) is 5.70 Å². The molecule has 0 spiro atoms. The zero-order valence-corrected chi connectivity index (χ0v) is 19.4. The molecule has 1 aliphatic rings. The molecule has 2 N–H and O–H groups in total. The predicted molar refractivity (Wildman–Crippen MR) is 123 cm³/mol. The Morgan fingerprint density at radius 3 is 2.34 bits per heavy atom. The molecule has 0 aromatic heterocycles. The van der Waals surface area contributed by atoms with Gasteiger partial charge in [-0.1, -0.05) is 45.2 Å². The van der Waals surface area contributed by atoms with E-state index in [1.54, 1.807) is 31.3 Å². The van der Waals surface area contributed by atoms with E-state index in [0.29, 0.717) is 48.8 Å². The SMILES string of the molecule is CCCOC(=O)c1ccc(C(NC)/C(C(=O)OCC2CCCCC2)=C(/CC)NC=O)cc1. The van der Waals surface area contributed by atoms with Crippen molar-refractivity contribution in [1.29, 1.82) is 0 Å². The molecule has 0 aliphatic heterocycles. The van der Waals surface area contributed by atoms with Gasteiger partial charge >= 0.3 is 11.9 Å². The van der Waals surface area contributed by atoms with Crippen LogP contribution in [0.4, 0.5) is 0 Å². The van der Waals surface area contributed by atoms with Gasteiger partial charge in [-0.2, -0.15) is 0 Å². The summed E-state index contributed by atoms with van der Waals surface area (Å²) in [5.74, 6) is -0.425. The summed E-state index contributed by atoms with van der Waals surface area (Å²) in [5, 5.41) is 5.84. The van der Waals surface area contributed by atoms with E-state index in [-0.39, 0.29) is 5.97 Å². The summed E-state index contributed by atoms with van der Waals surface area (Å²) in [5.41, 5.74) is 2.12. The Balaban J connectivity index is 2.26. The number of ether oxygens (including phenoxy) is 2. The summed E-state index contributed by atoms with van der Waals surface area (Å²) in [6.07, 6.45) is 7.52. The number of benzene rings is 1. The minimum atomic E-state index is -0.503. The fourth-order valence-electron chi connectivity index (χ4n) is 4.05. The highest BCUT2D eigenvalue weighted by molar-refractivity contribution is 5.92. The second-order valence-electron chi connectivity index (χ2n) is 8.09. The molecule has 1 atom stereocenters. The second kappa shape index (κ2) is 13.7. The van der Waals surface area contributed by atoms with E-state index in [1.807, 2.05) is 13.8 Å². The minimum absolute atomic E-state index is 0.372. The van der Waals surface area contributed by atoms with Crippen LogP contribution < -0.4 is 10.6 Å². The zero-order chi connectivity index (χ0) is 23.3. The monoisotopic (exact) mass is 444 g/mol. The van der Waals surface area contributed by atoms with Gasteiger partial charge in [0.05, 0.1) is 30.4 Å². The minimum Gasteiger partial charge on any atom is -0.462 e. The van der Waals surface area contributed by atoms with Crippen molar-refractivity contribution in [1.82, 2.24) is 10.6 Å². The normalized spacial score (nSPS) is 16.0. The zero-order valence-electron chi connectivity index (χ0n) is 19.4. The van der Waals surface area contributed by atoms with Gasteiger partial charge in [0.15, 0.2) is 0 Å². The Hall–Kier alpha value is -2.67. The number of hydrogen-bond acceptors (Lipinski definition) is 6. The number of amides is 1. The van der Waals surface area contributed by atoms with Crippen LogP contribution >= 0.6 is 0 Å². The highest BCUT2D eigenvalue weighted by Gasteiger charge is 2.27. The van der Waals surface area contributed by atoms with Crippen molar-refractivity contribution in [3.8, 4) is 0 Å². The molecule has 0 radical (unpaired) electrons. The van der Waals surface area contributed by atoms with Gasteiger partial charge < -0.3 is 20.1 Å². The molecule has 1 fully saturated rings. The van der Waals surface area contributed by atoms with Crippen molar-refractivity contribution < 1.29 is 23.9 Å². The molecule has 1 amide bonds. The summed E-state index contributed by atoms with van der Waals surface area (Å²) >= 11 is 0. The molecule has 1 aromatic carbocycles. The van der Waals surface area contributed by atoms with Crippen molar-refractivity contribution in [3.63, 3.8) is 0 Å². The maximum absolute atomic E-state index is 13.2. The molecule has 176 valence electrons. The van der Waals surface area contributed by atoms with Crippen molar-refractivity contribution >= 4 is 18.3 Å². The summed E-state index contributed by atoms with van der Waals surface area (Å²) in [4.78, 5) is 36.5. The second-order valence-corrected chi connectivity index (χ2v) is 8.09. The number of esters is 2. The van der Waals surface area contributed by atoms with E-state index in [2.05, 4.69) is 10.6 Å². The quantitative estimate of drug-likeness (QED) is 0.287. The fourth-order valence-corrected chi connectivity index (χ4v) is 4.05. The number of carbonyl (C=O) groups is 3. The third-order valence-electron chi connectivity index (χ3n) is 5.80. The lowest BCUT2D eigenvalue weighted by molar-refractivity contribution is -0.141. The number of hydrogen-bond donors (Lipinski definition) is 2. The van der Waals surface area contributed by atoms with E-state index in [9.17, 15) is 14.4 Å². The molecule has 2 rings (SSSR count). The molecule has 32 heavy (non-hydrogen) atoms. The van der Waals surface area contributed by atoms with Gasteiger partial charge in [0.1, 0.15) is 0 Å². The Kier molecular flexibility index (Phi) is 10.9. The van der Waals surface area contributed by atoms with E-state index in [1.165, 1.54) is 19.3 Å². The summed E-state index contributed by atoms with van der Waals surface area (Å²) in [7, 11) is 1.75. The first-order valence-corrected chi connectivity index (χ1v) is 11.6. The average Bonchev–Trinajstić information content (AvgIpc) is 2.84. The number of allylic oxidation sites excluding steroid dienone is 1. The van der Waals surface area contributed by atoms with Crippen LogP contribution in [0.25, 0.3) is 0 Å². The lowest BCUT2D eigenvalue weighted by atomic mass is 9.90. The van der Waals surface area contributed by atoms with Crippen LogP contribution in [0.1, 0.15) is 80.8 Å². The van der Waals surface area contributed by atoms with Crippen molar-refractivity contribution in [2.75, 3.05) is 20.3 Å². The molecule has 7 heteroatoms. The molecule has 1 aromatic rings. The fraction of sp³-hybridized carbons (Fsp3) is 0.560. The number of rotatable bonds is 12. The van der Waals surface area contributed by atoms with Gasteiger partial charge in [-0.3, -0.25) is 4.79 Å². The molecule has 7 nitrogen and oxygen atoms in total. The first-order valence-electron chi connectivity index (χ1n) is 11.6. The highest BCUT2D eigenvalue weighted by Crippen LogP contribution is 2.28. The smallest absolute Gasteiger partial charge is 0.338 e. The van der Waals surface area contributed by atoms with Crippen LogP contribution in [-0.2, 0) is 19.1 Å². The van der Waals surface area contributed by atoms with Gasteiger partial charge in [0.25, 0.3) is 0 Å². The van der Waals surface area contributed by atoms with E-state index >= 15 is 0 Å². The number of carbonyl (C=O) groups excluding carboxylic acids is 3. The third kappa shape index (κ3) is 7.19. The standard InChI is InChI=1S/C25H36N2O5/c1-4-15-31-24(29)20-13-11-19(12-14-20)23(26-3)22(21(5-2)27-17-28)25(30)32-16-18-9-7-6-8-10-18/h11-14,17-18,23,26H,4-10,15-16H2,1-3H3,(H,27,28)/b22-21+. The van der Waals surface area contributed by atoms with Crippen molar-refractivity contribution in [2.24, 2.45) is 5.92 Å². The van der Waals surface area contributed by atoms with E-state index in [0.717, 1.165) is 24.8 Å². The van der Waals surface area contributed by atoms with Crippen LogP contribution in [0, 0.1) is 5.92 Å². The molecule has 0 bridgehead atoms. The molecular weight excluding hydrogens is 408 g/mol. The first kappa shape index (κ1) is 25.6. The summed E-state index contributed by atoms with van der Waals surface area (Å²) < 4.78 is 10.9. The lowest BCUT2D eigenvalue weighted by Crippen LogP contribution is -2.30. The van der Waals surface area contributed by atoms with Crippen molar-refractivity contribution in [2.45, 2.75) is 64.8 Å². The topological polar surface area (TPSA) is 93.7 Å². The van der Waals surface area contributed by atoms with Gasteiger partial charge in [-0.05, 0) is 56.3 Å². The maximum Gasteiger partial charge on any atom is 0.338 e. The maximum atomic E-state index is 13.2. The first-order chi connectivity index (χ1) is 15.5. The van der Waals surface area contributed by atoms with Crippen LogP contribution in [-0.4, -0.2) is 38.6 Å². The molecule has 1 saturated carbocycles. The third-order valence-corrected chi connectivity index (χ3v) is 5.80. The Morgan fingerprint density at radius 1 is 1.09 bits per heavy atom. The van der Waals surface area contributed by atoms with E-state index in [4.69, 9.17) is 9.47 Å². The average molecular weight is 445 g/mol. The van der Waals surface area contributed by atoms with Crippen molar-refractivity contribution in [3.05, 3.63) is 46.7 Å². The van der Waals surface area contributed by atoms with Crippen LogP contribution in [0.5, 0.6) is 0 Å². The Morgan fingerprint density at radius 2 is 1.78 bits per heavy atom. The van der Waals surface area contributed by atoms with Crippen LogP contribution in [0.15, 0.2) is 35.5 Å². The molecule has 1 unspecified atom stereocenters. The molecule has 0 saturated heterocycles. The van der Waals surface area contributed by atoms with Gasteiger partial charge in [0.2, 0.25) is 6.41 Å². The number of nitrogens with one attached hydrogen (secondary N) is 2. The van der Waals surface area contributed by atoms with Crippen LogP contribution in [0.2, 0.25) is 0 Å². The largest absolute Gasteiger partial charge is 0.462 e. The predicted octanol–water partition coefficient (Wildman–Crippen LogP) is 4.05. The Labute approximate surface area is 190 Å². The van der Waals surface area contributed by atoms with Crippen LogP contribution in [0.3, 0.4) is 0 Å².